The highest BCUT2D eigenvalue weighted by atomic mass is 16.3. The number of carbonyl (C=O) groups excluding carboxylic acids is 1. The van der Waals surface area contributed by atoms with Crippen LogP contribution < -0.4 is 11.1 Å². The van der Waals surface area contributed by atoms with Crippen LogP contribution in [-0.4, -0.2) is 16.0 Å². The Kier molecular flexibility index (Phi) is 2.91. The summed E-state index contributed by atoms with van der Waals surface area (Å²) in [6.07, 6.45) is 3.16. The highest BCUT2D eigenvalue weighted by Gasteiger charge is 2.08. The van der Waals surface area contributed by atoms with E-state index >= 15 is 0 Å². The molecule has 2 aromatic rings. The summed E-state index contributed by atoms with van der Waals surface area (Å²) in [4.78, 5) is 15.6. The molecule has 0 atom stereocenters. The van der Waals surface area contributed by atoms with Crippen LogP contribution in [0.4, 0.5) is 11.4 Å². The van der Waals surface area contributed by atoms with Crippen molar-refractivity contribution in [1.82, 2.24) is 4.98 Å². The molecule has 17 heavy (non-hydrogen) atoms. The summed E-state index contributed by atoms with van der Waals surface area (Å²) in [5.74, 6) is -0.418. The summed E-state index contributed by atoms with van der Waals surface area (Å²) < 4.78 is 0. The molecule has 0 aliphatic carbocycles. The van der Waals surface area contributed by atoms with E-state index < -0.39 is 0 Å². The summed E-state index contributed by atoms with van der Waals surface area (Å²) in [6, 6.07) is 7.71. The van der Waals surface area contributed by atoms with Gasteiger partial charge in [-0.05, 0) is 30.3 Å². The molecule has 5 nitrogen and oxygen atoms in total. The van der Waals surface area contributed by atoms with Crippen molar-refractivity contribution in [3.63, 3.8) is 0 Å². The largest absolute Gasteiger partial charge is 0.506 e. The minimum atomic E-state index is -0.313. The van der Waals surface area contributed by atoms with E-state index in [1.807, 2.05) is 0 Å². The number of phenolic OH excluding ortho intramolecular Hbond substituents is 1. The van der Waals surface area contributed by atoms with E-state index in [9.17, 15) is 9.90 Å². The fourth-order valence-electron chi connectivity index (χ4n) is 1.32. The van der Waals surface area contributed by atoms with E-state index in [1.54, 1.807) is 30.6 Å². The second-order valence-corrected chi connectivity index (χ2v) is 3.46. The van der Waals surface area contributed by atoms with E-state index in [1.165, 1.54) is 12.1 Å². The van der Waals surface area contributed by atoms with Crippen LogP contribution >= 0.6 is 0 Å². The second-order valence-electron chi connectivity index (χ2n) is 3.46. The molecule has 0 saturated carbocycles. The molecule has 5 heteroatoms. The Morgan fingerprint density at radius 1 is 1.24 bits per heavy atom. The van der Waals surface area contributed by atoms with Gasteiger partial charge in [-0.3, -0.25) is 9.78 Å². The summed E-state index contributed by atoms with van der Waals surface area (Å²) in [7, 11) is 0. The highest BCUT2D eigenvalue weighted by Crippen LogP contribution is 2.21. The molecule has 1 amide bonds. The average Bonchev–Trinajstić information content (AvgIpc) is 2.34. The molecular weight excluding hydrogens is 218 g/mol. The quantitative estimate of drug-likeness (QED) is 0.539. The number of rotatable bonds is 2. The molecule has 1 heterocycles. The first-order valence-corrected chi connectivity index (χ1v) is 4.96. The molecule has 0 unspecified atom stereocenters. The number of nitrogen functional groups attached to an aromatic ring is 1. The smallest absolute Gasteiger partial charge is 0.255 e. The van der Waals surface area contributed by atoms with Crippen molar-refractivity contribution in [3.05, 3.63) is 48.3 Å². The van der Waals surface area contributed by atoms with Crippen molar-refractivity contribution in [3.8, 4) is 5.75 Å². The maximum absolute atomic E-state index is 11.8. The number of nitrogens with zero attached hydrogens (tertiary/aromatic N) is 1. The number of aromatic hydroxyl groups is 1. The first-order valence-electron chi connectivity index (χ1n) is 4.96. The summed E-state index contributed by atoms with van der Waals surface area (Å²) in [6.45, 7) is 0. The van der Waals surface area contributed by atoms with Gasteiger partial charge in [-0.2, -0.15) is 0 Å². The Morgan fingerprint density at radius 2 is 1.94 bits per heavy atom. The summed E-state index contributed by atoms with van der Waals surface area (Å²) >= 11 is 0. The molecule has 0 aliphatic heterocycles. The lowest BCUT2D eigenvalue weighted by molar-refractivity contribution is 0.102. The summed E-state index contributed by atoms with van der Waals surface area (Å²) in [5.41, 5.74) is 6.67. The molecule has 0 fully saturated rings. The molecular formula is C12H11N3O2. The number of aromatic nitrogens is 1. The van der Waals surface area contributed by atoms with Gasteiger partial charge in [-0.15, -0.1) is 0 Å². The Bertz CT molecular complexity index is 541. The number of carbonyl (C=O) groups is 1. The Hall–Kier alpha value is -2.56. The average molecular weight is 229 g/mol. The van der Waals surface area contributed by atoms with E-state index in [-0.39, 0.29) is 17.3 Å². The SMILES string of the molecule is Nc1ccc(C(=O)Nc2ccncc2)cc1O. The first kappa shape index (κ1) is 10.9. The molecule has 0 aliphatic rings. The third kappa shape index (κ3) is 2.52. The molecule has 86 valence electrons. The van der Waals surface area contributed by atoms with Crippen LogP contribution in [0, 0.1) is 0 Å². The van der Waals surface area contributed by atoms with Gasteiger partial charge >= 0.3 is 0 Å². The van der Waals surface area contributed by atoms with E-state index in [0.29, 0.717) is 11.3 Å². The topological polar surface area (TPSA) is 88.2 Å². The molecule has 0 saturated heterocycles. The number of pyridine rings is 1. The van der Waals surface area contributed by atoms with Crippen LogP contribution in [0.1, 0.15) is 10.4 Å². The lowest BCUT2D eigenvalue weighted by Gasteiger charge is -2.06. The predicted molar refractivity (Wildman–Crippen MR) is 64.7 cm³/mol. The van der Waals surface area contributed by atoms with Crippen molar-refractivity contribution in [1.29, 1.82) is 0 Å². The van der Waals surface area contributed by atoms with Gasteiger partial charge in [0.05, 0.1) is 5.69 Å². The standard InChI is InChI=1S/C12H11N3O2/c13-10-2-1-8(7-11(10)16)12(17)15-9-3-5-14-6-4-9/h1-7,16H,13H2,(H,14,15,17). The number of hydrogen-bond acceptors (Lipinski definition) is 4. The zero-order valence-corrected chi connectivity index (χ0v) is 8.92. The van der Waals surface area contributed by atoms with Gasteiger partial charge in [0.2, 0.25) is 0 Å². The molecule has 1 aromatic carbocycles. The molecule has 0 spiro atoms. The molecule has 1 aromatic heterocycles. The monoisotopic (exact) mass is 229 g/mol. The van der Waals surface area contributed by atoms with E-state index in [2.05, 4.69) is 10.3 Å². The maximum atomic E-state index is 11.8. The number of phenols is 1. The fourth-order valence-corrected chi connectivity index (χ4v) is 1.32. The number of nitrogens with one attached hydrogen (secondary N) is 1. The minimum absolute atomic E-state index is 0.104. The zero-order valence-electron chi connectivity index (χ0n) is 8.92. The van der Waals surface area contributed by atoms with Crippen molar-refractivity contribution in [2.24, 2.45) is 0 Å². The second kappa shape index (κ2) is 4.52. The van der Waals surface area contributed by atoms with Gasteiger partial charge < -0.3 is 16.2 Å². The van der Waals surface area contributed by atoms with Gasteiger partial charge in [0.1, 0.15) is 5.75 Å². The Morgan fingerprint density at radius 3 is 2.59 bits per heavy atom. The van der Waals surface area contributed by atoms with Gasteiger partial charge in [-0.1, -0.05) is 0 Å². The van der Waals surface area contributed by atoms with Crippen LogP contribution in [0.25, 0.3) is 0 Å². The van der Waals surface area contributed by atoms with Crippen molar-refractivity contribution >= 4 is 17.3 Å². The van der Waals surface area contributed by atoms with Crippen LogP contribution in [0.3, 0.4) is 0 Å². The Balaban J connectivity index is 2.18. The van der Waals surface area contributed by atoms with Crippen molar-refractivity contribution < 1.29 is 9.90 Å². The van der Waals surface area contributed by atoms with Crippen molar-refractivity contribution in [2.75, 3.05) is 11.1 Å². The normalized spacial score (nSPS) is 9.88. The number of anilines is 2. The number of hydrogen-bond donors (Lipinski definition) is 3. The van der Waals surface area contributed by atoms with E-state index in [0.717, 1.165) is 0 Å². The number of amides is 1. The van der Waals surface area contributed by atoms with Gasteiger partial charge in [0, 0.05) is 23.6 Å². The van der Waals surface area contributed by atoms with Crippen LogP contribution in [0.2, 0.25) is 0 Å². The van der Waals surface area contributed by atoms with Gasteiger partial charge in [0.25, 0.3) is 5.91 Å². The zero-order chi connectivity index (χ0) is 12.3. The minimum Gasteiger partial charge on any atom is -0.506 e. The molecule has 0 radical (unpaired) electrons. The predicted octanol–water partition coefficient (Wildman–Crippen LogP) is 1.62. The van der Waals surface area contributed by atoms with Crippen LogP contribution in [-0.2, 0) is 0 Å². The lowest BCUT2D eigenvalue weighted by Crippen LogP contribution is -2.11. The van der Waals surface area contributed by atoms with Crippen molar-refractivity contribution in [2.45, 2.75) is 0 Å². The van der Waals surface area contributed by atoms with Gasteiger partial charge in [-0.25, -0.2) is 0 Å². The number of nitrogens with two attached hydrogens (primary N) is 1. The maximum Gasteiger partial charge on any atom is 0.255 e. The van der Waals surface area contributed by atoms with Crippen LogP contribution in [0.5, 0.6) is 5.75 Å². The molecule has 2 rings (SSSR count). The molecule has 4 N–H and O–H groups in total. The van der Waals surface area contributed by atoms with E-state index in [4.69, 9.17) is 5.73 Å². The highest BCUT2D eigenvalue weighted by molar-refractivity contribution is 6.04. The first-order chi connectivity index (χ1) is 8.16. The Labute approximate surface area is 97.9 Å². The lowest BCUT2D eigenvalue weighted by atomic mass is 10.1. The third-order valence-electron chi connectivity index (χ3n) is 2.23. The molecule has 0 bridgehead atoms. The van der Waals surface area contributed by atoms with Crippen LogP contribution in [0.15, 0.2) is 42.7 Å². The van der Waals surface area contributed by atoms with Gasteiger partial charge in [0.15, 0.2) is 0 Å². The fraction of sp³-hybridized carbons (Fsp3) is 0. The summed E-state index contributed by atoms with van der Waals surface area (Å²) in [5, 5.41) is 12.1. The third-order valence-corrected chi connectivity index (χ3v) is 2.23. The number of benzene rings is 1.